The van der Waals surface area contributed by atoms with Crippen LogP contribution in [0, 0.1) is 17.2 Å². The van der Waals surface area contributed by atoms with Crippen LogP contribution in [-0.2, 0) is 4.74 Å². The summed E-state index contributed by atoms with van der Waals surface area (Å²) < 4.78 is 4.92. The summed E-state index contributed by atoms with van der Waals surface area (Å²) in [6, 6.07) is 2.15. The number of rotatable bonds is 3. The Bertz CT molecular complexity index is 198. The van der Waals surface area contributed by atoms with Gasteiger partial charge in [-0.15, -0.1) is 0 Å². The lowest BCUT2D eigenvalue weighted by atomic mass is 10.1. The van der Waals surface area contributed by atoms with Crippen LogP contribution in [0.3, 0.4) is 0 Å². The van der Waals surface area contributed by atoms with Crippen molar-refractivity contribution in [1.29, 1.82) is 5.26 Å². The van der Waals surface area contributed by atoms with Crippen LogP contribution in [0.2, 0.25) is 0 Å². The molecule has 1 rings (SSSR count). The molecule has 1 heterocycles. The summed E-state index contributed by atoms with van der Waals surface area (Å²) in [4.78, 5) is 4.02. The first-order valence-corrected chi connectivity index (χ1v) is 3.89. The lowest BCUT2D eigenvalue weighted by molar-refractivity contribution is 0.337. The maximum Gasteiger partial charge on any atom is 0.171 e. The summed E-state index contributed by atoms with van der Waals surface area (Å²) in [5.41, 5.74) is 5.72. The van der Waals surface area contributed by atoms with Crippen molar-refractivity contribution in [2.45, 2.75) is 13.1 Å². The Labute approximate surface area is 71.4 Å². The highest BCUT2D eigenvalue weighted by atomic mass is 16.5. The van der Waals surface area contributed by atoms with Crippen LogP contribution in [0.15, 0.2) is 4.99 Å². The first-order chi connectivity index (χ1) is 5.88. The Morgan fingerprint density at radius 3 is 3.33 bits per heavy atom. The molecule has 0 amide bonds. The zero-order valence-corrected chi connectivity index (χ0v) is 6.95. The van der Waals surface area contributed by atoms with E-state index < -0.39 is 0 Å². The highest BCUT2D eigenvalue weighted by Gasteiger charge is 2.25. The van der Waals surface area contributed by atoms with E-state index in [1.807, 2.05) is 6.92 Å². The molecule has 12 heavy (non-hydrogen) atoms. The molecule has 0 radical (unpaired) electrons. The molecule has 0 aromatic heterocycles. The summed E-state index contributed by atoms with van der Waals surface area (Å²) in [7, 11) is 0. The number of nitrogens with one attached hydrogen (secondary N) is 2. The molecule has 0 saturated carbocycles. The third kappa shape index (κ3) is 2.19. The van der Waals surface area contributed by atoms with Gasteiger partial charge in [0.2, 0.25) is 0 Å². The van der Waals surface area contributed by atoms with Crippen molar-refractivity contribution < 1.29 is 4.74 Å². The first-order valence-electron chi connectivity index (χ1n) is 3.89. The van der Waals surface area contributed by atoms with Gasteiger partial charge >= 0.3 is 0 Å². The van der Waals surface area contributed by atoms with Gasteiger partial charge in [-0.2, -0.15) is 5.26 Å². The molecule has 1 saturated heterocycles. The van der Waals surface area contributed by atoms with Gasteiger partial charge in [0.05, 0.1) is 18.6 Å². The lowest BCUT2D eigenvalue weighted by Gasteiger charge is -2.05. The summed E-state index contributed by atoms with van der Waals surface area (Å²) in [5, 5.41) is 8.65. The van der Waals surface area contributed by atoms with Crippen LogP contribution >= 0.6 is 0 Å². The van der Waals surface area contributed by atoms with E-state index in [2.05, 4.69) is 21.9 Å². The van der Waals surface area contributed by atoms with E-state index in [0.717, 1.165) is 0 Å². The molecule has 0 aromatic rings. The average molecular weight is 168 g/mol. The normalized spacial score (nSPS) is 29.0. The van der Waals surface area contributed by atoms with Crippen LogP contribution in [0.1, 0.15) is 6.92 Å². The van der Waals surface area contributed by atoms with Crippen LogP contribution in [0.5, 0.6) is 0 Å². The molecule has 66 valence electrons. The van der Waals surface area contributed by atoms with Gasteiger partial charge in [0.15, 0.2) is 6.40 Å². The second-order valence-corrected chi connectivity index (χ2v) is 2.42. The zero-order chi connectivity index (χ0) is 8.81. The minimum Gasteiger partial charge on any atom is -0.484 e. The first kappa shape index (κ1) is 8.97. The largest absolute Gasteiger partial charge is 0.484 e. The van der Waals surface area contributed by atoms with Crippen LogP contribution in [-0.4, -0.2) is 25.7 Å². The predicted molar refractivity (Wildman–Crippen MR) is 44.1 cm³/mol. The molecule has 2 unspecified atom stereocenters. The Kier molecular flexibility index (Phi) is 3.51. The summed E-state index contributed by atoms with van der Waals surface area (Å²) in [6.45, 7) is 3.11. The molecule has 1 fully saturated rings. The van der Waals surface area contributed by atoms with Crippen molar-refractivity contribution in [1.82, 2.24) is 10.9 Å². The molecule has 0 aromatic carbocycles. The number of aliphatic imine (C=N–C) groups is 1. The van der Waals surface area contributed by atoms with Gasteiger partial charge in [-0.05, 0) is 6.92 Å². The van der Waals surface area contributed by atoms with E-state index in [4.69, 9.17) is 10.00 Å². The molecule has 5 heteroatoms. The molecule has 0 bridgehead atoms. The van der Waals surface area contributed by atoms with Crippen molar-refractivity contribution in [3.8, 4) is 6.07 Å². The fourth-order valence-electron chi connectivity index (χ4n) is 0.926. The Morgan fingerprint density at radius 2 is 2.67 bits per heavy atom. The maximum absolute atomic E-state index is 8.65. The van der Waals surface area contributed by atoms with E-state index in [9.17, 15) is 0 Å². The molecule has 5 nitrogen and oxygen atoms in total. The van der Waals surface area contributed by atoms with E-state index in [1.54, 1.807) is 0 Å². The summed E-state index contributed by atoms with van der Waals surface area (Å²) in [6.07, 6.45) is 1.20. The zero-order valence-electron chi connectivity index (χ0n) is 6.95. The standard InChI is InChI=1S/C7H12N4O/c1-2-12-5-9-7-6(3-8)4-10-11-7/h5-7,10-11H,2,4H2,1H3/b9-5+. The third-order valence-electron chi connectivity index (χ3n) is 1.58. The minimum atomic E-state index is -0.179. The number of nitrogens with zero attached hydrogens (tertiary/aromatic N) is 2. The van der Waals surface area contributed by atoms with Gasteiger partial charge in [0.25, 0.3) is 0 Å². The number of hydrazine groups is 1. The predicted octanol–water partition coefficient (Wildman–Crippen LogP) is -0.375. The quantitative estimate of drug-likeness (QED) is 0.445. The smallest absolute Gasteiger partial charge is 0.171 e. The fraction of sp³-hybridized carbons (Fsp3) is 0.714. The van der Waals surface area contributed by atoms with Crippen molar-refractivity contribution in [2.24, 2.45) is 10.9 Å². The lowest BCUT2D eigenvalue weighted by Crippen LogP contribution is -2.29. The molecule has 1 aliphatic rings. The Balaban J connectivity index is 2.36. The van der Waals surface area contributed by atoms with Gasteiger partial charge in [-0.25, -0.2) is 10.4 Å². The van der Waals surface area contributed by atoms with Gasteiger partial charge in [0, 0.05) is 6.54 Å². The van der Waals surface area contributed by atoms with E-state index in [-0.39, 0.29) is 12.1 Å². The fourth-order valence-corrected chi connectivity index (χ4v) is 0.926. The summed E-state index contributed by atoms with van der Waals surface area (Å²) >= 11 is 0. The summed E-state index contributed by atoms with van der Waals surface area (Å²) in [5.74, 6) is -0.110. The van der Waals surface area contributed by atoms with Gasteiger partial charge in [0.1, 0.15) is 6.17 Å². The molecule has 0 spiro atoms. The second-order valence-electron chi connectivity index (χ2n) is 2.42. The monoisotopic (exact) mass is 168 g/mol. The van der Waals surface area contributed by atoms with Gasteiger partial charge in [-0.3, -0.25) is 5.43 Å². The van der Waals surface area contributed by atoms with Crippen molar-refractivity contribution in [3.05, 3.63) is 0 Å². The molecular formula is C7H12N4O. The van der Waals surface area contributed by atoms with Gasteiger partial charge < -0.3 is 4.74 Å². The minimum absolute atomic E-state index is 0.110. The molecule has 2 N–H and O–H groups in total. The van der Waals surface area contributed by atoms with Crippen molar-refractivity contribution in [3.63, 3.8) is 0 Å². The van der Waals surface area contributed by atoms with E-state index >= 15 is 0 Å². The van der Waals surface area contributed by atoms with E-state index in [1.165, 1.54) is 6.40 Å². The maximum atomic E-state index is 8.65. The van der Waals surface area contributed by atoms with Crippen LogP contribution < -0.4 is 10.9 Å². The Morgan fingerprint density at radius 1 is 1.83 bits per heavy atom. The van der Waals surface area contributed by atoms with Crippen molar-refractivity contribution in [2.75, 3.05) is 13.2 Å². The van der Waals surface area contributed by atoms with Crippen molar-refractivity contribution >= 4 is 6.40 Å². The molecule has 0 aliphatic carbocycles. The number of ether oxygens (including phenoxy) is 1. The average Bonchev–Trinajstić information content (AvgIpc) is 2.52. The molecular weight excluding hydrogens is 156 g/mol. The Hall–Kier alpha value is -1.12. The number of hydrogen-bond acceptors (Lipinski definition) is 5. The van der Waals surface area contributed by atoms with Crippen LogP contribution in [0.25, 0.3) is 0 Å². The number of hydrogen-bond donors (Lipinski definition) is 2. The SMILES string of the molecule is CCO/C=N/C1NNCC1C#N. The van der Waals surface area contributed by atoms with Crippen LogP contribution in [0.4, 0.5) is 0 Å². The van der Waals surface area contributed by atoms with Gasteiger partial charge in [-0.1, -0.05) is 0 Å². The topological polar surface area (TPSA) is 69.4 Å². The number of nitriles is 1. The molecule has 1 aliphatic heterocycles. The second kappa shape index (κ2) is 4.70. The highest BCUT2D eigenvalue weighted by Crippen LogP contribution is 2.06. The van der Waals surface area contributed by atoms with E-state index in [0.29, 0.717) is 13.2 Å². The molecule has 2 atom stereocenters. The third-order valence-corrected chi connectivity index (χ3v) is 1.58. The highest BCUT2D eigenvalue weighted by molar-refractivity contribution is 5.46.